The number of primary amides is 1. The Labute approximate surface area is 147 Å². The Morgan fingerprint density at radius 1 is 1.28 bits per heavy atom. The maximum Gasteiger partial charge on any atom is 0.270 e. The van der Waals surface area contributed by atoms with E-state index in [0.717, 1.165) is 32.1 Å². The van der Waals surface area contributed by atoms with Crippen molar-refractivity contribution < 1.29 is 14.7 Å². The Bertz CT molecular complexity index is 716. The van der Waals surface area contributed by atoms with Crippen molar-refractivity contribution in [1.29, 1.82) is 0 Å². The van der Waals surface area contributed by atoms with E-state index in [1.165, 1.54) is 0 Å². The molecule has 4 aliphatic rings. The Kier molecular flexibility index (Phi) is 3.65. The van der Waals surface area contributed by atoms with Gasteiger partial charge in [-0.05, 0) is 69.4 Å². The van der Waals surface area contributed by atoms with Crippen LogP contribution in [0.25, 0.3) is 0 Å². The summed E-state index contributed by atoms with van der Waals surface area (Å²) in [5, 5.41) is 12.9. The van der Waals surface area contributed by atoms with Crippen LogP contribution in [-0.4, -0.2) is 27.4 Å². The highest BCUT2D eigenvalue weighted by Gasteiger charge is 2.60. The fourth-order valence-electron chi connectivity index (χ4n) is 5.81. The zero-order chi connectivity index (χ0) is 17.8. The molecule has 4 fully saturated rings. The van der Waals surface area contributed by atoms with Crippen LogP contribution in [0.4, 0.5) is 0 Å². The number of aliphatic hydroxyl groups is 1. The highest BCUT2D eigenvalue weighted by Crippen LogP contribution is 2.61. The zero-order valence-corrected chi connectivity index (χ0v) is 14.5. The quantitative estimate of drug-likeness (QED) is 0.773. The summed E-state index contributed by atoms with van der Waals surface area (Å²) in [5.74, 6) is 0.482. The summed E-state index contributed by atoms with van der Waals surface area (Å²) in [6, 6.07) is 5.09. The standard InChI is InChI=1S/C19H25N3O3/c1-11(23)14-3-2-4-15(21-14)16(24)22-19-8-12-5-13(9-19)7-18(6-12,10-19)17(20)25/h2-4,11-13,23H,5-10H2,1H3,(H2,20,25)(H,22,24). The van der Waals surface area contributed by atoms with Gasteiger partial charge in [-0.2, -0.15) is 0 Å². The Hall–Kier alpha value is -1.95. The van der Waals surface area contributed by atoms with E-state index in [1.54, 1.807) is 25.1 Å². The molecule has 6 nitrogen and oxygen atoms in total. The third-order valence-corrected chi connectivity index (χ3v) is 6.39. The van der Waals surface area contributed by atoms with Gasteiger partial charge in [-0.15, -0.1) is 0 Å². The topological polar surface area (TPSA) is 105 Å². The van der Waals surface area contributed by atoms with Crippen LogP contribution in [0.5, 0.6) is 0 Å². The molecule has 0 aromatic carbocycles. The number of amides is 2. The lowest BCUT2D eigenvalue weighted by Gasteiger charge is -2.61. The van der Waals surface area contributed by atoms with Crippen molar-refractivity contribution in [3.05, 3.63) is 29.6 Å². The van der Waals surface area contributed by atoms with E-state index in [0.29, 0.717) is 29.6 Å². The number of hydrogen-bond acceptors (Lipinski definition) is 4. The summed E-state index contributed by atoms with van der Waals surface area (Å²) in [6.45, 7) is 1.62. The molecule has 5 rings (SSSR count). The molecule has 0 radical (unpaired) electrons. The summed E-state index contributed by atoms with van der Waals surface area (Å²) in [5.41, 5.74) is 5.74. The van der Waals surface area contributed by atoms with Crippen molar-refractivity contribution in [2.24, 2.45) is 23.0 Å². The van der Waals surface area contributed by atoms with Gasteiger partial charge in [-0.1, -0.05) is 6.07 Å². The maximum absolute atomic E-state index is 12.8. The van der Waals surface area contributed by atoms with Crippen LogP contribution >= 0.6 is 0 Å². The van der Waals surface area contributed by atoms with Crippen LogP contribution in [-0.2, 0) is 4.79 Å². The van der Waals surface area contributed by atoms with E-state index in [9.17, 15) is 14.7 Å². The van der Waals surface area contributed by atoms with Gasteiger partial charge in [0.05, 0.1) is 17.2 Å². The monoisotopic (exact) mass is 343 g/mol. The number of aromatic nitrogens is 1. The van der Waals surface area contributed by atoms with Crippen molar-refractivity contribution in [3.63, 3.8) is 0 Å². The number of nitrogens with two attached hydrogens (primary N) is 1. The third kappa shape index (κ3) is 2.72. The third-order valence-electron chi connectivity index (χ3n) is 6.39. The smallest absolute Gasteiger partial charge is 0.270 e. The molecule has 0 saturated heterocycles. The van der Waals surface area contributed by atoms with E-state index in [1.807, 2.05) is 0 Å². The fraction of sp³-hybridized carbons (Fsp3) is 0.632. The molecule has 6 heteroatoms. The Morgan fingerprint density at radius 3 is 2.56 bits per heavy atom. The second-order valence-corrected chi connectivity index (χ2v) is 8.46. The van der Waals surface area contributed by atoms with Gasteiger partial charge >= 0.3 is 0 Å². The second kappa shape index (κ2) is 5.53. The number of aliphatic hydroxyl groups excluding tert-OH is 1. The molecule has 3 unspecified atom stereocenters. The molecule has 4 saturated carbocycles. The fourth-order valence-corrected chi connectivity index (χ4v) is 5.81. The lowest BCUT2D eigenvalue weighted by atomic mass is 9.46. The predicted octanol–water partition coefficient (Wildman–Crippen LogP) is 1.69. The van der Waals surface area contributed by atoms with Crippen molar-refractivity contribution in [3.8, 4) is 0 Å². The van der Waals surface area contributed by atoms with Gasteiger partial charge in [0.15, 0.2) is 0 Å². The maximum atomic E-state index is 12.8. The van der Waals surface area contributed by atoms with Crippen molar-refractivity contribution in [1.82, 2.24) is 10.3 Å². The number of carbonyl (C=O) groups excluding carboxylic acids is 2. The molecule has 134 valence electrons. The largest absolute Gasteiger partial charge is 0.387 e. The summed E-state index contributed by atoms with van der Waals surface area (Å²) < 4.78 is 0. The van der Waals surface area contributed by atoms with Gasteiger partial charge in [0.25, 0.3) is 5.91 Å². The zero-order valence-electron chi connectivity index (χ0n) is 14.5. The first-order valence-electron chi connectivity index (χ1n) is 9.08. The molecule has 25 heavy (non-hydrogen) atoms. The molecular weight excluding hydrogens is 318 g/mol. The highest BCUT2D eigenvalue weighted by atomic mass is 16.3. The van der Waals surface area contributed by atoms with Crippen LogP contribution in [0.1, 0.15) is 67.7 Å². The molecule has 1 aromatic rings. The highest BCUT2D eigenvalue weighted by molar-refractivity contribution is 5.93. The average Bonchev–Trinajstić information content (AvgIpc) is 2.53. The van der Waals surface area contributed by atoms with Gasteiger partial charge < -0.3 is 16.2 Å². The molecule has 0 spiro atoms. The molecule has 1 heterocycles. The number of pyridine rings is 1. The lowest BCUT2D eigenvalue weighted by Crippen LogP contribution is -2.65. The summed E-state index contributed by atoms with van der Waals surface area (Å²) in [4.78, 5) is 29.2. The van der Waals surface area contributed by atoms with Gasteiger partial charge in [-0.25, -0.2) is 4.98 Å². The van der Waals surface area contributed by atoms with Crippen LogP contribution in [0.15, 0.2) is 18.2 Å². The van der Waals surface area contributed by atoms with Crippen LogP contribution in [0.2, 0.25) is 0 Å². The summed E-state index contributed by atoms with van der Waals surface area (Å²) in [7, 11) is 0. The van der Waals surface area contributed by atoms with Gasteiger partial charge in [0, 0.05) is 5.54 Å². The molecule has 4 N–H and O–H groups in total. The van der Waals surface area contributed by atoms with Crippen LogP contribution in [0.3, 0.4) is 0 Å². The molecule has 1 aromatic heterocycles. The predicted molar refractivity (Wildman–Crippen MR) is 91.4 cm³/mol. The first-order chi connectivity index (χ1) is 11.8. The number of hydrogen-bond donors (Lipinski definition) is 3. The van der Waals surface area contributed by atoms with Crippen LogP contribution < -0.4 is 11.1 Å². The lowest BCUT2D eigenvalue weighted by molar-refractivity contribution is -0.146. The van der Waals surface area contributed by atoms with Gasteiger partial charge in [0.1, 0.15) is 5.69 Å². The van der Waals surface area contributed by atoms with Crippen molar-refractivity contribution >= 4 is 11.8 Å². The average molecular weight is 343 g/mol. The van der Waals surface area contributed by atoms with E-state index in [4.69, 9.17) is 5.73 Å². The number of nitrogens with one attached hydrogen (secondary N) is 1. The minimum atomic E-state index is -0.717. The normalized spacial score (nSPS) is 36.9. The number of carbonyl (C=O) groups is 2. The molecule has 0 aliphatic heterocycles. The summed E-state index contributed by atoms with van der Waals surface area (Å²) >= 11 is 0. The minimum absolute atomic E-state index is 0.213. The van der Waals surface area contributed by atoms with Crippen LogP contribution in [0, 0.1) is 17.3 Å². The minimum Gasteiger partial charge on any atom is -0.387 e. The van der Waals surface area contributed by atoms with Gasteiger partial charge in [0.2, 0.25) is 5.91 Å². The van der Waals surface area contributed by atoms with E-state index in [2.05, 4.69) is 10.3 Å². The van der Waals surface area contributed by atoms with Crippen molar-refractivity contribution in [2.75, 3.05) is 0 Å². The molecule has 4 bridgehead atoms. The Morgan fingerprint density at radius 2 is 1.96 bits per heavy atom. The van der Waals surface area contributed by atoms with Crippen molar-refractivity contribution in [2.45, 2.75) is 57.1 Å². The SMILES string of the molecule is CC(O)c1cccc(C(=O)NC23CC4CC(C2)CC(C(N)=O)(C4)C3)n1. The molecular formula is C19H25N3O3. The van der Waals surface area contributed by atoms with E-state index in [-0.39, 0.29) is 17.4 Å². The number of rotatable bonds is 4. The Balaban J connectivity index is 1.59. The summed E-state index contributed by atoms with van der Waals surface area (Å²) in [6.07, 6.45) is 4.64. The first kappa shape index (κ1) is 16.5. The van der Waals surface area contributed by atoms with E-state index >= 15 is 0 Å². The number of nitrogens with zero attached hydrogens (tertiary/aromatic N) is 1. The van der Waals surface area contributed by atoms with Gasteiger partial charge in [-0.3, -0.25) is 9.59 Å². The molecule has 4 aliphatic carbocycles. The van der Waals surface area contributed by atoms with E-state index < -0.39 is 11.5 Å². The molecule has 3 atom stereocenters. The first-order valence-corrected chi connectivity index (χ1v) is 9.08. The molecule has 2 amide bonds. The second-order valence-electron chi connectivity index (χ2n) is 8.46.